The van der Waals surface area contributed by atoms with Crippen LogP contribution in [0.1, 0.15) is 32.0 Å². The van der Waals surface area contributed by atoms with Gasteiger partial charge in [-0.05, 0) is 19.3 Å². The van der Waals surface area contributed by atoms with Gasteiger partial charge in [0, 0.05) is 13.1 Å². The van der Waals surface area contributed by atoms with E-state index >= 15 is 0 Å². The number of nitrogens with zero attached hydrogens (tertiary/aromatic N) is 4. The maximum atomic E-state index is 12.1. The van der Waals surface area contributed by atoms with Crippen molar-refractivity contribution in [2.24, 2.45) is 5.41 Å². The predicted molar refractivity (Wildman–Crippen MR) is 67.6 cm³/mol. The molecular formula is C11H18N6O3. The van der Waals surface area contributed by atoms with Crippen LogP contribution in [-0.4, -0.2) is 55.7 Å². The number of amides is 2. The smallest absolute Gasteiger partial charge is 0.317 e. The number of tetrazole rings is 1. The molecule has 9 heteroatoms. The van der Waals surface area contributed by atoms with Crippen LogP contribution in [0.5, 0.6) is 0 Å². The van der Waals surface area contributed by atoms with Crippen molar-refractivity contribution >= 4 is 12.0 Å². The molecule has 1 unspecified atom stereocenters. The molecule has 110 valence electrons. The van der Waals surface area contributed by atoms with Gasteiger partial charge in [-0.2, -0.15) is 5.21 Å². The Balaban J connectivity index is 1.94. The van der Waals surface area contributed by atoms with Crippen LogP contribution in [0.3, 0.4) is 0 Å². The van der Waals surface area contributed by atoms with Crippen LogP contribution in [-0.2, 0) is 11.3 Å². The highest BCUT2D eigenvalue weighted by molar-refractivity contribution is 5.78. The number of hydrogen-bond acceptors (Lipinski definition) is 5. The maximum Gasteiger partial charge on any atom is 0.317 e. The first-order chi connectivity index (χ1) is 9.57. The van der Waals surface area contributed by atoms with E-state index in [1.165, 1.54) is 0 Å². The van der Waals surface area contributed by atoms with Crippen molar-refractivity contribution in [3.05, 3.63) is 5.82 Å². The van der Waals surface area contributed by atoms with E-state index in [1.54, 1.807) is 4.90 Å². The molecular weight excluding hydrogens is 264 g/mol. The maximum absolute atomic E-state index is 12.1. The van der Waals surface area contributed by atoms with E-state index in [2.05, 4.69) is 25.9 Å². The van der Waals surface area contributed by atoms with Gasteiger partial charge in [-0.15, -0.1) is 10.2 Å². The Morgan fingerprint density at radius 1 is 1.55 bits per heavy atom. The first-order valence-corrected chi connectivity index (χ1v) is 6.56. The van der Waals surface area contributed by atoms with Crippen LogP contribution in [0.4, 0.5) is 4.79 Å². The summed E-state index contributed by atoms with van der Waals surface area (Å²) in [5.41, 5.74) is -0.832. The van der Waals surface area contributed by atoms with Gasteiger partial charge >= 0.3 is 12.0 Å². The molecule has 1 fully saturated rings. The molecule has 2 heterocycles. The van der Waals surface area contributed by atoms with E-state index in [9.17, 15) is 14.7 Å². The largest absolute Gasteiger partial charge is 0.481 e. The monoisotopic (exact) mass is 282 g/mol. The quantitative estimate of drug-likeness (QED) is 0.713. The van der Waals surface area contributed by atoms with Gasteiger partial charge in [0.2, 0.25) is 0 Å². The molecule has 0 spiro atoms. The summed E-state index contributed by atoms with van der Waals surface area (Å²) < 4.78 is 0. The molecule has 0 aromatic carbocycles. The lowest BCUT2D eigenvalue weighted by atomic mass is 9.78. The number of carbonyl (C=O) groups excluding carboxylic acids is 1. The SMILES string of the molecule is CCC1(C(=O)O)CCCN(C(=O)NCc2nn[nH]n2)C1. The fourth-order valence-corrected chi connectivity index (χ4v) is 2.44. The lowest BCUT2D eigenvalue weighted by molar-refractivity contribution is -0.152. The Morgan fingerprint density at radius 2 is 2.35 bits per heavy atom. The van der Waals surface area contributed by atoms with Crippen LogP contribution in [0.25, 0.3) is 0 Å². The minimum Gasteiger partial charge on any atom is -0.481 e. The van der Waals surface area contributed by atoms with E-state index in [0.29, 0.717) is 31.6 Å². The number of H-pyrrole nitrogens is 1. The molecule has 1 aromatic rings. The molecule has 9 nitrogen and oxygen atoms in total. The zero-order valence-corrected chi connectivity index (χ0v) is 11.3. The first-order valence-electron chi connectivity index (χ1n) is 6.56. The minimum atomic E-state index is -0.837. The van der Waals surface area contributed by atoms with Gasteiger partial charge in [0.15, 0.2) is 5.82 Å². The van der Waals surface area contributed by atoms with Crippen LogP contribution in [0.2, 0.25) is 0 Å². The average Bonchev–Trinajstić information content (AvgIpc) is 2.97. The number of carboxylic acids is 1. The molecule has 0 saturated carbocycles. The summed E-state index contributed by atoms with van der Waals surface area (Å²) >= 11 is 0. The highest BCUT2D eigenvalue weighted by Gasteiger charge is 2.42. The highest BCUT2D eigenvalue weighted by Crippen LogP contribution is 2.33. The molecule has 2 rings (SSSR count). The van der Waals surface area contributed by atoms with Gasteiger partial charge in [0.05, 0.1) is 12.0 Å². The standard InChI is InChI=1S/C11H18N6O3/c1-2-11(9(18)19)4-3-5-17(7-11)10(20)12-6-8-13-15-16-14-8/h2-7H2,1H3,(H,12,20)(H,18,19)(H,13,14,15,16). The van der Waals surface area contributed by atoms with Gasteiger partial charge < -0.3 is 15.3 Å². The minimum absolute atomic E-state index is 0.165. The van der Waals surface area contributed by atoms with Crippen molar-refractivity contribution in [2.45, 2.75) is 32.7 Å². The summed E-state index contributed by atoms with van der Waals surface area (Å²) in [5, 5.41) is 25.2. The lowest BCUT2D eigenvalue weighted by Gasteiger charge is -2.39. The second kappa shape index (κ2) is 5.85. The number of aromatic amines is 1. The number of rotatable bonds is 4. The van der Waals surface area contributed by atoms with Gasteiger partial charge in [0.1, 0.15) is 0 Å². The number of likely N-dealkylation sites (tertiary alicyclic amines) is 1. The van der Waals surface area contributed by atoms with E-state index in [1.807, 2.05) is 6.92 Å². The van der Waals surface area contributed by atoms with Gasteiger partial charge in [-0.25, -0.2) is 4.79 Å². The number of aliphatic carboxylic acids is 1. The number of urea groups is 1. The zero-order valence-electron chi connectivity index (χ0n) is 11.3. The van der Waals surface area contributed by atoms with Crippen LogP contribution < -0.4 is 5.32 Å². The Labute approximate surface area is 115 Å². The van der Waals surface area contributed by atoms with Crippen LogP contribution >= 0.6 is 0 Å². The van der Waals surface area contributed by atoms with Gasteiger partial charge in [-0.1, -0.05) is 12.1 Å². The second-order valence-corrected chi connectivity index (χ2v) is 4.95. The molecule has 20 heavy (non-hydrogen) atoms. The highest BCUT2D eigenvalue weighted by atomic mass is 16.4. The normalized spacial score (nSPS) is 22.6. The van der Waals surface area contributed by atoms with Crippen LogP contribution in [0.15, 0.2) is 0 Å². The lowest BCUT2D eigenvalue weighted by Crippen LogP contribution is -2.52. The summed E-state index contributed by atoms with van der Waals surface area (Å²) in [6, 6.07) is -0.298. The van der Waals surface area contributed by atoms with E-state index < -0.39 is 11.4 Å². The number of carboxylic acid groups (broad SMARTS) is 1. The third-order valence-electron chi connectivity index (χ3n) is 3.78. The van der Waals surface area contributed by atoms with E-state index in [0.717, 1.165) is 0 Å². The van der Waals surface area contributed by atoms with Gasteiger partial charge in [0.25, 0.3) is 0 Å². The van der Waals surface area contributed by atoms with Crippen molar-refractivity contribution in [1.82, 2.24) is 30.8 Å². The zero-order chi connectivity index (χ0) is 14.6. The second-order valence-electron chi connectivity index (χ2n) is 4.95. The molecule has 0 bridgehead atoms. The van der Waals surface area contributed by atoms with Gasteiger partial charge in [-0.3, -0.25) is 4.79 Å². The molecule has 0 aliphatic carbocycles. The summed E-state index contributed by atoms with van der Waals surface area (Å²) in [5.74, 6) is -0.453. The number of nitrogens with one attached hydrogen (secondary N) is 2. The molecule has 2 amide bonds. The number of hydrogen-bond donors (Lipinski definition) is 3. The molecule has 1 aliphatic rings. The van der Waals surface area contributed by atoms with Crippen molar-refractivity contribution in [3.8, 4) is 0 Å². The molecule has 1 aromatic heterocycles. The third-order valence-corrected chi connectivity index (χ3v) is 3.78. The number of carbonyl (C=O) groups is 2. The fraction of sp³-hybridized carbons (Fsp3) is 0.727. The van der Waals surface area contributed by atoms with Crippen molar-refractivity contribution in [1.29, 1.82) is 0 Å². The third kappa shape index (κ3) is 2.86. The molecule has 3 N–H and O–H groups in total. The Morgan fingerprint density at radius 3 is 2.95 bits per heavy atom. The van der Waals surface area contributed by atoms with Crippen molar-refractivity contribution in [2.75, 3.05) is 13.1 Å². The number of piperidine rings is 1. The Bertz CT molecular complexity index is 477. The van der Waals surface area contributed by atoms with Crippen LogP contribution in [0, 0.1) is 5.41 Å². The van der Waals surface area contributed by atoms with Crippen molar-refractivity contribution < 1.29 is 14.7 Å². The summed E-state index contributed by atoms with van der Waals surface area (Å²) in [4.78, 5) is 25.0. The summed E-state index contributed by atoms with van der Waals surface area (Å²) in [6.07, 6.45) is 1.81. The Kier molecular flexibility index (Phi) is 4.16. The topological polar surface area (TPSA) is 124 Å². The average molecular weight is 282 g/mol. The Hall–Kier alpha value is -2.19. The predicted octanol–water partition coefficient (Wildman–Crippen LogP) is -0.0139. The molecule has 0 radical (unpaired) electrons. The fourth-order valence-electron chi connectivity index (χ4n) is 2.44. The van der Waals surface area contributed by atoms with E-state index in [-0.39, 0.29) is 19.1 Å². The number of aromatic nitrogens is 4. The van der Waals surface area contributed by atoms with Crippen molar-refractivity contribution in [3.63, 3.8) is 0 Å². The summed E-state index contributed by atoms with van der Waals surface area (Å²) in [6.45, 7) is 2.80. The molecule has 1 saturated heterocycles. The summed E-state index contributed by atoms with van der Waals surface area (Å²) in [7, 11) is 0. The van der Waals surface area contributed by atoms with E-state index in [4.69, 9.17) is 0 Å². The molecule has 1 aliphatic heterocycles. The first kappa shape index (κ1) is 14.2. The molecule has 1 atom stereocenters.